The number of ether oxygens (including phenoxy) is 2. The zero-order chi connectivity index (χ0) is 23.4. The van der Waals surface area contributed by atoms with Crippen LogP contribution in [0.3, 0.4) is 0 Å². The number of pyridine rings is 1. The molecule has 2 aromatic carbocycles. The molecule has 2 heterocycles. The lowest BCUT2D eigenvalue weighted by molar-refractivity contribution is 0.131. The van der Waals surface area contributed by atoms with Gasteiger partial charge in [0.25, 0.3) is 11.4 Å². The van der Waals surface area contributed by atoms with Crippen LogP contribution in [-0.2, 0) is 17.8 Å². The van der Waals surface area contributed by atoms with E-state index in [1.807, 2.05) is 31.2 Å². The van der Waals surface area contributed by atoms with E-state index in [9.17, 15) is 9.90 Å². The monoisotopic (exact) mass is 467 g/mol. The lowest BCUT2D eigenvalue weighted by Crippen LogP contribution is -2.15. The number of benzene rings is 2. The fourth-order valence-corrected chi connectivity index (χ4v) is 3.62. The smallest absolute Gasteiger partial charge is 0.264 e. The van der Waals surface area contributed by atoms with Crippen LogP contribution in [0, 0.1) is 0 Å². The molecule has 0 atom stereocenters. The Labute approximate surface area is 194 Å². The second-order valence-electron chi connectivity index (χ2n) is 7.17. The molecular formula is C24H22ClN3O5. The summed E-state index contributed by atoms with van der Waals surface area (Å²) in [5.74, 6) is 0.442. The molecule has 0 bridgehead atoms. The van der Waals surface area contributed by atoms with Crippen LogP contribution in [0.25, 0.3) is 22.6 Å². The molecule has 4 aromatic rings. The summed E-state index contributed by atoms with van der Waals surface area (Å²) < 4.78 is 16.7. The predicted octanol–water partition coefficient (Wildman–Crippen LogP) is 4.59. The van der Waals surface area contributed by atoms with Crippen LogP contribution >= 0.6 is 11.6 Å². The van der Waals surface area contributed by atoms with E-state index < -0.39 is 5.56 Å². The second kappa shape index (κ2) is 9.89. The number of para-hydroxylation sites is 1. The van der Waals surface area contributed by atoms with Crippen LogP contribution in [0.2, 0.25) is 5.02 Å². The van der Waals surface area contributed by atoms with Gasteiger partial charge in [-0.05, 0) is 30.7 Å². The third-order valence-corrected chi connectivity index (χ3v) is 5.29. The summed E-state index contributed by atoms with van der Waals surface area (Å²) >= 11 is 5.93. The number of hydrogen-bond donors (Lipinski definition) is 2. The van der Waals surface area contributed by atoms with E-state index in [0.717, 1.165) is 5.56 Å². The van der Waals surface area contributed by atoms with E-state index in [4.69, 9.17) is 25.5 Å². The highest BCUT2D eigenvalue weighted by Gasteiger charge is 2.25. The van der Waals surface area contributed by atoms with Crippen LogP contribution in [0.1, 0.15) is 24.1 Å². The average Bonchev–Trinajstić information content (AvgIpc) is 3.27. The standard InChI is InChI=1S/C24H22ClN3O5/c1-3-32-13-17-20(16-6-4-5-7-18(16)31-2)22(29)21(23(30)26-17)24-28-27-19(33-24)12-14-8-10-15(25)11-9-14/h4-11H,3,12-13H2,1-2H3,(H2,26,29,30). The molecule has 0 aliphatic rings. The molecule has 0 amide bonds. The second-order valence-corrected chi connectivity index (χ2v) is 7.61. The molecule has 4 rings (SSSR count). The Morgan fingerprint density at radius 1 is 1.09 bits per heavy atom. The third kappa shape index (κ3) is 4.76. The van der Waals surface area contributed by atoms with Crippen molar-refractivity contribution in [3.8, 4) is 34.1 Å². The Morgan fingerprint density at radius 2 is 1.85 bits per heavy atom. The Balaban J connectivity index is 1.80. The summed E-state index contributed by atoms with van der Waals surface area (Å²) in [5.41, 5.74) is 1.59. The van der Waals surface area contributed by atoms with Gasteiger partial charge in [0.05, 0.1) is 31.4 Å². The molecule has 0 unspecified atom stereocenters. The number of halogens is 1. The highest BCUT2D eigenvalue weighted by Crippen LogP contribution is 2.41. The fourth-order valence-electron chi connectivity index (χ4n) is 3.49. The van der Waals surface area contributed by atoms with Crippen LogP contribution in [0.4, 0.5) is 0 Å². The number of aromatic nitrogens is 3. The van der Waals surface area contributed by atoms with Crippen molar-refractivity contribution in [3.63, 3.8) is 0 Å². The maximum atomic E-state index is 12.9. The van der Waals surface area contributed by atoms with Gasteiger partial charge in [-0.1, -0.05) is 41.9 Å². The highest BCUT2D eigenvalue weighted by molar-refractivity contribution is 6.30. The van der Waals surface area contributed by atoms with E-state index in [-0.39, 0.29) is 23.8 Å². The first kappa shape index (κ1) is 22.6. The largest absolute Gasteiger partial charge is 0.506 e. The van der Waals surface area contributed by atoms with Gasteiger partial charge < -0.3 is 24.0 Å². The maximum Gasteiger partial charge on any atom is 0.264 e. The summed E-state index contributed by atoms with van der Waals surface area (Å²) in [6.45, 7) is 2.38. The molecule has 0 spiro atoms. The van der Waals surface area contributed by atoms with Gasteiger partial charge in [-0.15, -0.1) is 10.2 Å². The van der Waals surface area contributed by atoms with E-state index >= 15 is 0 Å². The molecule has 0 aliphatic carbocycles. The lowest BCUT2D eigenvalue weighted by atomic mass is 9.99. The van der Waals surface area contributed by atoms with Crippen molar-refractivity contribution in [1.82, 2.24) is 15.2 Å². The molecule has 2 N–H and O–H groups in total. The third-order valence-electron chi connectivity index (χ3n) is 5.04. The number of H-pyrrole nitrogens is 1. The minimum atomic E-state index is -0.567. The van der Waals surface area contributed by atoms with Gasteiger partial charge in [0.15, 0.2) is 0 Å². The molecule has 2 aromatic heterocycles. The highest BCUT2D eigenvalue weighted by atomic mass is 35.5. The quantitative estimate of drug-likeness (QED) is 0.390. The van der Waals surface area contributed by atoms with Gasteiger partial charge in [0, 0.05) is 17.2 Å². The van der Waals surface area contributed by atoms with Crippen molar-refractivity contribution in [3.05, 3.63) is 81.1 Å². The molecule has 0 fully saturated rings. The van der Waals surface area contributed by atoms with Gasteiger partial charge in [-0.25, -0.2) is 0 Å². The van der Waals surface area contributed by atoms with Gasteiger partial charge in [-0.3, -0.25) is 4.79 Å². The summed E-state index contributed by atoms with van der Waals surface area (Å²) in [4.78, 5) is 15.7. The number of hydrogen-bond acceptors (Lipinski definition) is 7. The number of methoxy groups -OCH3 is 1. The van der Waals surface area contributed by atoms with Gasteiger partial charge >= 0.3 is 0 Å². The summed E-state index contributed by atoms with van der Waals surface area (Å²) in [5, 5.41) is 19.9. The van der Waals surface area contributed by atoms with E-state index in [1.54, 1.807) is 24.3 Å². The van der Waals surface area contributed by atoms with Crippen LogP contribution in [-0.4, -0.2) is 34.0 Å². The van der Waals surface area contributed by atoms with Crippen molar-refractivity contribution >= 4 is 11.6 Å². The summed E-state index contributed by atoms with van der Waals surface area (Å²) in [6.07, 6.45) is 0.352. The van der Waals surface area contributed by atoms with Crippen molar-refractivity contribution in [2.24, 2.45) is 0 Å². The summed E-state index contributed by atoms with van der Waals surface area (Å²) in [7, 11) is 1.53. The van der Waals surface area contributed by atoms with Crippen LogP contribution in [0.15, 0.2) is 57.7 Å². The van der Waals surface area contributed by atoms with Crippen molar-refractivity contribution in [2.45, 2.75) is 20.0 Å². The van der Waals surface area contributed by atoms with E-state index in [2.05, 4.69) is 15.2 Å². The first-order chi connectivity index (χ1) is 16.0. The van der Waals surface area contributed by atoms with Gasteiger partial charge in [0.2, 0.25) is 5.89 Å². The Morgan fingerprint density at radius 3 is 2.58 bits per heavy atom. The molecule has 0 radical (unpaired) electrons. The van der Waals surface area contributed by atoms with Crippen LogP contribution < -0.4 is 10.3 Å². The first-order valence-electron chi connectivity index (χ1n) is 10.3. The summed E-state index contributed by atoms with van der Waals surface area (Å²) in [6, 6.07) is 14.4. The Hall–Kier alpha value is -3.62. The molecule has 0 saturated carbocycles. The topological polar surface area (TPSA) is 110 Å². The van der Waals surface area contributed by atoms with E-state index in [0.29, 0.717) is 46.5 Å². The zero-order valence-corrected chi connectivity index (χ0v) is 18.8. The number of nitrogens with zero attached hydrogens (tertiary/aromatic N) is 2. The molecule has 8 nitrogen and oxygen atoms in total. The van der Waals surface area contributed by atoms with Gasteiger partial charge in [0.1, 0.15) is 17.1 Å². The SMILES string of the molecule is CCOCc1[nH]c(=O)c(-c2nnc(Cc3ccc(Cl)cc3)o2)c(O)c1-c1ccccc1OC. The predicted molar refractivity (Wildman–Crippen MR) is 124 cm³/mol. The number of rotatable bonds is 8. The van der Waals surface area contributed by atoms with Gasteiger partial charge in [-0.2, -0.15) is 0 Å². The minimum Gasteiger partial charge on any atom is -0.506 e. The molecule has 0 saturated heterocycles. The molecular weight excluding hydrogens is 446 g/mol. The molecule has 33 heavy (non-hydrogen) atoms. The van der Waals surface area contributed by atoms with Crippen molar-refractivity contribution < 1.29 is 19.0 Å². The minimum absolute atomic E-state index is 0.0863. The number of aromatic amines is 1. The first-order valence-corrected chi connectivity index (χ1v) is 10.7. The molecule has 9 heteroatoms. The average molecular weight is 468 g/mol. The van der Waals surface area contributed by atoms with Crippen molar-refractivity contribution in [1.29, 1.82) is 0 Å². The molecule has 170 valence electrons. The van der Waals surface area contributed by atoms with Crippen molar-refractivity contribution in [2.75, 3.05) is 13.7 Å². The van der Waals surface area contributed by atoms with Crippen LogP contribution in [0.5, 0.6) is 11.5 Å². The maximum absolute atomic E-state index is 12.9. The number of aromatic hydroxyl groups is 1. The lowest BCUT2D eigenvalue weighted by Gasteiger charge is -2.16. The Kier molecular flexibility index (Phi) is 6.76. The normalized spacial score (nSPS) is 11.0. The molecule has 0 aliphatic heterocycles. The number of nitrogens with one attached hydrogen (secondary N) is 1. The Bertz CT molecular complexity index is 1310. The van der Waals surface area contributed by atoms with E-state index in [1.165, 1.54) is 7.11 Å². The fraction of sp³-hybridized carbons (Fsp3) is 0.208. The zero-order valence-electron chi connectivity index (χ0n) is 18.1.